The van der Waals surface area contributed by atoms with Crippen LogP contribution in [0.25, 0.3) is 10.8 Å². The van der Waals surface area contributed by atoms with Gasteiger partial charge < -0.3 is 20.4 Å². The van der Waals surface area contributed by atoms with Crippen LogP contribution in [-0.2, 0) is 0 Å². The molecule has 0 unspecified atom stereocenters. The first-order valence-corrected chi connectivity index (χ1v) is 10.9. The Labute approximate surface area is 215 Å². The van der Waals surface area contributed by atoms with Gasteiger partial charge in [0, 0.05) is 22.3 Å². The molecule has 0 atom stereocenters. The maximum absolute atomic E-state index is 11.4. The standard InChI is InChI=1S/C30H16O8/c31-27(32)21-11-17(12-22(15-21)28(33)34)5-7-19-9-10-20(26-4-2-1-3-25(19)26)8-6-18-13-23(29(35)36)16-24(14-18)30(37)38/h1-4,9-16H,(H,31,32)(H,33,34)(H,35,36)(H,37,38). The Hall–Kier alpha value is -5.86. The van der Waals surface area contributed by atoms with Crippen LogP contribution in [0.15, 0.2) is 72.8 Å². The number of carboxylic acids is 4. The van der Waals surface area contributed by atoms with Crippen molar-refractivity contribution in [3.05, 3.63) is 117 Å². The van der Waals surface area contributed by atoms with Gasteiger partial charge in [-0.05, 0) is 59.3 Å². The van der Waals surface area contributed by atoms with E-state index in [2.05, 4.69) is 23.7 Å². The number of benzene rings is 4. The molecule has 0 spiro atoms. The number of hydrogen-bond acceptors (Lipinski definition) is 4. The lowest BCUT2D eigenvalue weighted by Crippen LogP contribution is -2.03. The minimum absolute atomic E-state index is 0.192. The van der Waals surface area contributed by atoms with Crippen molar-refractivity contribution in [2.45, 2.75) is 0 Å². The fraction of sp³-hybridized carbons (Fsp3) is 0. The van der Waals surface area contributed by atoms with Crippen LogP contribution in [0.4, 0.5) is 0 Å². The molecule has 38 heavy (non-hydrogen) atoms. The lowest BCUT2D eigenvalue weighted by Gasteiger charge is -2.04. The largest absolute Gasteiger partial charge is 0.478 e. The van der Waals surface area contributed by atoms with Crippen molar-refractivity contribution in [3.63, 3.8) is 0 Å². The Bertz CT molecular complexity index is 1600. The van der Waals surface area contributed by atoms with Crippen LogP contribution >= 0.6 is 0 Å². The lowest BCUT2D eigenvalue weighted by atomic mass is 9.99. The number of fused-ring (bicyclic) bond motifs is 1. The number of aromatic carboxylic acids is 4. The zero-order valence-electron chi connectivity index (χ0n) is 19.4. The smallest absolute Gasteiger partial charge is 0.335 e. The second kappa shape index (κ2) is 10.4. The van der Waals surface area contributed by atoms with Gasteiger partial charge in [0.1, 0.15) is 0 Å². The lowest BCUT2D eigenvalue weighted by molar-refractivity contribution is 0.0676. The average Bonchev–Trinajstić information content (AvgIpc) is 2.90. The highest BCUT2D eigenvalue weighted by atomic mass is 16.4. The van der Waals surface area contributed by atoms with Crippen molar-refractivity contribution < 1.29 is 39.6 Å². The molecule has 0 amide bonds. The summed E-state index contributed by atoms with van der Waals surface area (Å²) in [5.74, 6) is 6.51. The monoisotopic (exact) mass is 504 g/mol. The molecule has 0 aliphatic heterocycles. The summed E-state index contributed by atoms with van der Waals surface area (Å²) >= 11 is 0. The minimum atomic E-state index is -1.27. The van der Waals surface area contributed by atoms with Gasteiger partial charge in [-0.3, -0.25) is 0 Å². The molecule has 0 radical (unpaired) electrons. The normalized spacial score (nSPS) is 10.0. The highest BCUT2D eigenvalue weighted by molar-refractivity contribution is 5.96. The Morgan fingerprint density at radius 1 is 0.447 bits per heavy atom. The number of carboxylic acid groups (broad SMARTS) is 4. The molecule has 0 heterocycles. The second-order valence-corrected chi connectivity index (χ2v) is 8.02. The van der Waals surface area contributed by atoms with Crippen LogP contribution in [0.5, 0.6) is 0 Å². The van der Waals surface area contributed by atoms with E-state index >= 15 is 0 Å². The predicted molar refractivity (Wildman–Crippen MR) is 137 cm³/mol. The van der Waals surface area contributed by atoms with Crippen LogP contribution in [0, 0.1) is 23.7 Å². The summed E-state index contributed by atoms with van der Waals surface area (Å²) in [4.78, 5) is 45.5. The van der Waals surface area contributed by atoms with E-state index < -0.39 is 23.9 Å². The van der Waals surface area contributed by atoms with E-state index in [0.29, 0.717) is 11.1 Å². The van der Waals surface area contributed by atoms with E-state index in [-0.39, 0.29) is 33.4 Å². The summed E-state index contributed by atoms with van der Waals surface area (Å²) in [6, 6.07) is 17.9. The summed E-state index contributed by atoms with van der Waals surface area (Å²) in [5, 5.41) is 38.6. The van der Waals surface area contributed by atoms with Gasteiger partial charge in [0.25, 0.3) is 0 Å². The number of carbonyl (C=O) groups is 4. The summed E-state index contributed by atoms with van der Waals surface area (Å²) in [6.45, 7) is 0. The fourth-order valence-electron chi connectivity index (χ4n) is 3.69. The van der Waals surface area contributed by atoms with E-state index in [4.69, 9.17) is 0 Å². The molecule has 4 aromatic rings. The van der Waals surface area contributed by atoms with E-state index in [1.807, 2.05) is 12.1 Å². The Morgan fingerprint density at radius 3 is 1.05 bits per heavy atom. The number of hydrogen-bond donors (Lipinski definition) is 4. The maximum Gasteiger partial charge on any atom is 0.335 e. The molecule has 0 fully saturated rings. The SMILES string of the molecule is O=C(O)c1cc(C#Cc2ccc(C#Cc3cc(C(=O)O)cc(C(=O)O)c3)c3ccccc23)cc(C(=O)O)c1. The third kappa shape index (κ3) is 5.51. The summed E-state index contributed by atoms with van der Waals surface area (Å²) in [6.07, 6.45) is 0. The quantitative estimate of drug-likeness (QED) is 0.298. The first-order valence-electron chi connectivity index (χ1n) is 10.9. The molecule has 0 saturated heterocycles. The summed E-state index contributed by atoms with van der Waals surface area (Å²) in [7, 11) is 0. The molecule has 4 aromatic carbocycles. The topological polar surface area (TPSA) is 149 Å². The maximum atomic E-state index is 11.4. The molecular weight excluding hydrogens is 488 g/mol. The van der Waals surface area contributed by atoms with Crippen molar-refractivity contribution in [3.8, 4) is 23.7 Å². The molecule has 4 rings (SSSR count). The third-order valence-corrected chi connectivity index (χ3v) is 5.46. The zero-order chi connectivity index (χ0) is 27.4. The Morgan fingerprint density at radius 2 is 0.763 bits per heavy atom. The van der Waals surface area contributed by atoms with Crippen LogP contribution in [-0.4, -0.2) is 44.3 Å². The first kappa shape index (κ1) is 25.2. The molecule has 0 aliphatic rings. The van der Waals surface area contributed by atoms with Gasteiger partial charge in [-0.1, -0.05) is 47.9 Å². The molecule has 0 saturated carbocycles. The van der Waals surface area contributed by atoms with Gasteiger partial charge >= 0.3 is 23.9 Å². The van der Waals surface area contributed by atoms with Crippen LogP contribution in [0.2, 0.25) is 0 Å². The van der Waals surface area contributed by atoms with E-state index in [1.54, 1.807) is 24.3 Å². The molecule has 0 bridgehead atoms. The van der Waals surface area contributed by atoms with Crippen molar-refractivity contribution in [1.29, 1.82) is 0 Å². The minimum Gasteiger partial charge on any atom is -0.478 e. The van der Waals surface area contributed by atoms with Crippen LogP contribution < -0.4 is 0 Å². The summed E-state index contributed by atoms with van der Waals surface area (Å²) in [5.41, 5.74) is 0.857. The van der Waals surface area contributed by atoms with E-state index in [9.17, 15) is 39.6 Å². The van der Waals surface area contributed by atoms with Crippen LogP contribution in [0.1, 0.15) is 63.7 Å². The van der Waals surface area contributed by atoms with Crippen molar-refractivity contribution in [1.82, 2.24) is 0 Å². The van der Waals surface area contributed by atoms with Crippen molar-refractivity contribution >= 4 is 34.6 Å². The highest BCUT2D eigenvalue weighted by Gasteiger charge is 2.12. The molecule has 184 valence electrons. The van der Waals surface area contributed by atoms with Crippen molar-refractivity contribution in [2.75, 3.05) is 0 Å². The van der Waals surface area contributed by atoms with Crippen molar-refractivity contribution in [2.24, 2.45) is 0 Å². The van der Waals surface area contributed by atoms with Gasteiger partial charge in [-0.25, -0.2) is 19.2 Å². The molecule has 0 aromatic heterocycles. The van der Waals surface area contributed by atoms with Gasteiger partial charge in [-0.2, -0.15) is 0 Å². The third-order valence-electron chi connectivity index (χ3n) is 5.46. The molecule has 0 aliphatic carbocycles. The molecule has 8 heteroatoms. The Kier molecular flexibility index (Phi) is 6.91. The van der Waals surface area contributed by atoms with Gasteiger partial charge in [0.2, 0.25) is 0 Å². The highest BCUT2D eigenvalue weighted by Crippen LogP contribution is 2.22. The number of rotatable bonds is 4. The predicted octanol–water partition coefficient (Wildman–Crippen LogP) is 4.43. The van der Waals surface area contributed by atoms with E-state index in [1.165, 1.54) is 24.3 Å². The molecular formula is C30H16O8. The average molecular weight is 504 g/mol. The van der Waals surface area contributed by atoms with E-state index in [0.717, 1.165) is 22.9 Å². The van der Waals surface area contributed by atoms with Crippen LogP contribution in [0.3, 0.4) is 0 Å². The second-order valence-electron chi connectivity index (χ2n) is 8.02. The van der Waals surface area contributed by atoms with Gasteiger partial charge in [-0.15, -0.1) is 0 Å². The fourth-order valence-corrected chi connectivity index (χ4v) is 3.69. The summed E-state index contributed by atoms with van der Waals surface area (Å²) < 4.78 is 0. The molecule has 4 N–H and O–H groups in total. The first-order chi connectivity index (χ1) is 18.1. The molecule has 8 nitrogen and oxygen atoms in total. The zero-order valence-corrected chi connectivity index (χ0v) is 19.4. The Balaban J connectivity index is 1.78. The van der Waals surface area contributed by atoms with Gasteiger partial charge in [0.05, 0.1) is 22.3 Å². The van der Waals surface area contributed by atoms with Gasteiger partial charge in [0.15, 0.2) is 0 Å².